The Morgan fingerprint density at radius 1 is 0.656 bits per heavy atom. The summed E-state index contributed by atoms with van der Waals surface area (Å²) in [5.41, 5.74) is 4.39. The van der Waals surface area contributed by atoms with Crippen LogP contribution >= 0.6 is 15.9 Å². The van der Waals surface area contributed by atoms with E-state index in [1.54, 1.807) is 0 Å². The highest BCUT2D eigenvalue weighted by Crippen LogP contribution is 2.38. The zero-order valence-electron chi connectivity index (χ0n) is 38.1. The maximum Gasteiger partial charge on any atom is 0.496 e. The van der Waals surface area contributed by atoms with E-state index < -0.39 is 0 Å². The monoisotopic (exact) mass is 932 g/mol. The predicted octanol–water partition coefficient (Wildman–Crippen LogP) is 12.0. The van der Waals surface area contributed by atoms with Crippen LogP contribution in [0.5, 0.6) is 0 Å². The Labute approximate surface area is 386 Å². The van der Waals surface area contributed by atoms with E-state index in [1.807, 2.05) is 115 Å². The van der Waals surface area contributed by atoms with Gasteiger partial charge in [0, 0.05) is 40.4 Å². The summed E-state index contributed by atoms with van der Waals surface area (Å²) in [6, 6.07) is 23.8. The SMILES string of the molecule is CC1(C)OB(C2=CCN=C2)OC1(C)C.Cc1ccc(CN(C(=O)Nc2ccc(Br)cc2)C2CCCC2)o1.Cc1ccc(CN(C(=O)Nc2ccc(C3=CCN=C3)cc2)C2CCCC2)o1. The van der Waals surface area contributed by atoms with Crippen molar-refractivity contribution in [3.63, 3.8) is 0 Å². The third kappa shape index (κ3) is 12.3. The number of anilines is 2. The minimum Gasteiger partial charge on any atom is -0.464 e. The molecule has 9 rings (SSSR count). The molecule has 14 heteroatoms. The molecule has 0 atom stereocenters. The molecule has 0 spiro atoms. The number of amides is 4. The summed E-state index contributed by atoms with van der Waals surface area (Å²) < 4.78 is 24.1. The van der Waals surface area contributed by atoms with Crippen LogP contribution in [0.25, 0.3) is 5.57 Å². The number of urea groups is 2. The van der Waals surface area contributed by atoms with Gasteiger partial charge in [-0.3, -0.25) is 9.98 Å². The number of nitrogens with zero attached hydrogens (tertiary/aromatic N) is 4. The van der Waals surface area contributed by atoms with Gasteiger partial charge in [0.2, 0.25) is 0 Å². The number of halogens is 1. The smallest absolute Gasteiger partial charge is 0.464 e. The number of hydrogen-bond donors (Lipinski definition) is 2. The van der Waals surface area contributed by atoms with E-state index in [0.29, 0.717) is 13.1 Å². The first-order chi connectivity index (χ1) is 30.7. The summed E-state index contributed by atoms with van der Waals surface area (Å²) in [4.78, 5) is 37.9. The molecule has 12 nitrogen and oxygen atoms in total. The van der Waals surface area contributed by atoms with Crippen molar-refractivity contribution >= 4 is 64.5 Å². The van der Waals surface area contributed by atoms with Crippen LogP contribution in [0.4, 0.5) is 21.0 Å². The average Bonchev–Trinajstić information content (AvgIpc) is 4.12. The Hall–Kier alpha value is -5.18. The van der Waals surface area contributed by atoms with Crippen LogP contribution in [0.15, 0.2) is 114 Å². The Balaban J connectivity index is 0.000000151. The molecule has 64 heavy (non-hydrogen) atoms. The fourth-order valence-corrected chi connectivity index (χ4v) is 8.63. The summed E-state index contributed by atoms with van der Waals surface area (Å²) in [7, 11) is -0.244. The number of allylic oxidation sites excluding steroid dienone is 2. The number of nitrogens with one attached hydrogen (secondary N) is 2. The number of carbonyl (C=O) groups excluding carboxylic acids is 2. The normalized spacial score (nSPS) is 18.5. The lowest BCUT2D eigenvalue weighted by molar-refractivity contribution is 0.00578. The van der Waals surface area contributed by atoms with Gasteiger partial charge in [0.15, 0.2) is 0 Å². The molecule has 3 fully saturated rings. The number of hydrogen-bond acceptors (Lipinski definition) is 8. The number of furan rings is 2. The molecule has 0 unspecified atom stereocenters. The second-order valence-corrected chi connectivity index (χ2v) is 19.0. The van der Waals surface area contributed by atoms with E-state index >= 15 is 0 Å². The number of aryl methyl sites for hydroxylation is 2. The van der Waals surface area contributed by atoms with Gasteiger partial charge in [-0.2, -0.15) is 0 Å². The molecular weight excluding hydrogens is 871 g/mol. The molecular formula is C50H62BBrN6O6. The van der Waals surface area contributed by atoms with Gasteiger partial charge in [0.05, 0.1) is 37.4 Å². The topological polar surface area (TPSA) is 134 Å². The Bertz CT molecular complexity index is 2300. The quantitative estimate of drug-likeness (QED) is 0.152. The van der Waals surface area contributed by atoms with Crippen LogP contribution in [0, 0.1) is 13.8 Å². The largest absolute Gasteiger partial charge is 0.496 e. The van der Waals surface area contributed by atoms with Crippen LogP contribution in [0.3, 0.4) is 0 Å². The highest BCUT2D eigenvalue weighted by molar-refractivity contribution is 9.10. The average molecular weight is 934 g/mol. The van der Waals surface area contributed by atoms with Crippen LogP contribution in [0.2, 0.25) is 0 Å². The van der Waals surface area contributed by atoms with Crippen molar-refractivity contribution in [1.29, 1.82) is 0 Å². The van der Waals surface area contributed by atoms with Gasteiger partial charge in [0.1, 0.15) is 23.0 Å². The molecule has 2 saturated carbocycles. The first kappa shape index (κ1) is 46.8. The Morgan fingerprint density at radius 2 is 1.11 bits per heavy atom. The van der Waals surface area contributed by atoms with Gasteiger partial charge >= 0.3 is 19.2 Å². The zero-order chi connectivity index (χ0) is 45.3. The van der Waals surface area contributed by atoms with Gasteiger partial charge in [-0.25, -0.2) is 9.59 Å². The van der Waals surface area contributed by atoms with Gasteiger partial charge in [-0.15, -0.1) is 0 Å². The summed E-state index contributed by atoms with van der Waals surface area (Å²) >= 11 is 3.41. The highest BCUT2D eigenvalue weighted by atomic mass is 79.9. The van der Waals surface area contributed by atoms with Crippen molar-refractivity contribution in [2.24, 2.45) is 9.98 Å². The molecule has 4 aromatic rings. The molecule has 1 saturated heterocycles. The first-order valence-electron chi connectivity index (χ1n) is 22.6. The minimum atomic E-state index is -0.255. The molecule has 2 N–H and O–H groups in total. The number of rotatable bonds is 10. The molecule has 2 aliphatic carbocycles. The second-order valence-electron chi connectivity index (χ2n) is 18.0. The lowest BCUT2D eigenvalue weighted by atomic mass is 9.79. The summed E-state index contributed by atoms with van der Waals surface area (Å²) in [5.74, 6) is 3.41. The third-order valence-corrected chi connectivity index (χ3v) is 13.2. The van der Waals surface area contributed by atoms with Crippen LogP contribution in [0.1, 0.15) is 108 Å². The van der Waals surface area contributed by atoms with E-state index in [2.05, 4.69) is 70.3 Å². The van der Waals surface area contributed by atoms with Crippen molar-refractivity contribution in [3.8, 4) is 0 Å². The molecule has 2 aromatic heterocycles. The van der Waals surface area contributed by atoms with Crippen LogP contribution < -0.4 is 10.6 Å². The van der Waals surface area contributed by atoms with Crippen molar-refractivity contribution in [3.05, 3.63) is 123 Å². The zero-order valence-corrected chi connectivity index (χ0v) is 39.7. The molecule has 0 radical (unpaired) electrons. The minimum absolute atomic E-state index is 0.0618. The van der Waals surface area contributed by atoms with Crippen LogP contribution in [-0.2, 0) is 22.4 Å². The third-order valence-electron chi connectivity index (χ3n) is 12.7. The van der Waals surface area contributed by atoms with Gasteiger partial charge in [0.25, 0.3) is 0 Å². The second kappa shape index (κ2) is 21.2. The molecule has 0 bridgehead atoms. The summed E-state index contributed by atoms with van der Waals surface area (Å²) in [5, 5.41) is 6.05. The number of aliphatic imine (C=N–C) groups is 2. The van der Waals surface area contributed by atoms with E-state index in [1.165, 1.54) is 25.7 Å². The van der Waals surface area contributed by atoms with Gasteiger partial charge in [-0.05, 0) is 144 Å². The van der Waals surface area contributed by atoms with Crippen LogP contribution in [-0.4, -0.2) is 77.8 Å². The molecule has 5 aliphatic rings. The Morgan fingerprint density at radius 3 is 1.52 bits per heavy atom. The standard InChI is InChI=1S/C22H25N3O2.C18H21BrN2O2.C10H16BNO2/c1-16-6-11-21(27-16)15-25(20-4-2-3-5-20)22(26)24-19-9-7-17(8-10-19)18-12-13-23-14-18;1-13-6-11-17(23-13)12-21(16-4-2-3-5-16)18(22)20-15-9-7-14(19)8-10-15;1-9(2)10(3,4)14-11(13-9)8-5-6-12-7-8/h6-12,14,20H,2-5,13,15H2,1H3,(H,24,26);6-11,16H,2-5,12H2,1H3,(H,20,22);5,7H,6H2,1-4H3. The van der Waals surface area contributed by atoms with E-state index in [9.17, 15) is 9.59 Å². The highest BCUT2D eigenvalue weighted by Gasteiger charge is 2.52. The maximum absolute atomic E-state index is 13.0. The lowest BCUT2D eigenvalue weighted by Gasteiger charge is -2.32. The summed E-state index contributed by atoms with van der Waals surface area (Å²) in [6.45, 7) is 14.6. The molecule has 2 aromatic carbocycles. The summed E-state index contributed by atoms with van der Waals surface area (Å²) in [6.07, 6.45) is 16.8. The lowest BCUT2D eigenvalue weighted by Crippen LogP contribution is -2.41. The van der Waals surface area contributed by atoms with E-state index in [4.69, 9.17) is 18.1 Å². The number of benzene rings is 2. The molecule has 4 amide bonds. The van der Waals surface area contributed by atoms with E-state index in [-0.39, 0.29) is 42.5 Å². The van der Waals surface area contributed by atoms with Gasteiger partial charge < -0.3 is 38.6 Å². The van der Waals surface area contributed by atoms with Crippen molar-refractivity contribution in [2.75, 3.05) is 23.7 Å². The predicted molar refractivity (Wildman–Crippen MR) is 260 cm³/mol. The van der Waals surface area contributed by atoms with Gasteiger partial charge in [-0.1, -0.05) is 65.9 Å². The fourth-order valence-electron chi connectivity index (χ4n) is 8.36. The van der Waals surface area contributed by atoms with Crippen molar-refractivity contribution in [2.45, 2.75) is 129 Å². The van der Waals surface area contributed by atoms with Crippen molar-refractivity contribution < 1.29 is 27.7 Å². The molecule has 5 heterocycles. The molecule has 338 valence electrons. The number of carbonyl (C=O) groups is 2. The Kier molecular flexibility index (Phi) is 15.5. The van der Waals surface area contributed by atoms with E-state index in [0.717, 1.165) is 94.3 Å². The van der Waals surface area contributed by atoms with Crippen molar-refractivity contribution in [1.82, 2.24) is 9.80 Å². The molecule has 3 aliphatic heterocycles. The first-order valence-corrected chi connectivity index (χ1v) is 23.4. The fraction of sp³-hybridized carbons (Fsp3) is 0.440. The maximum atomic E-state index is 13.0.